The number of methoxy groups -OCH3 is 1. The topological polar surface area (TPSA) is 123 Å². The third kappa shape index (κ3) is 2.81. The van der Waals surface area contributed by atoms with Crippen molar-refractivity contribution < 1.29 is 39.1 Å². The molecule has 0 aliphatic carbocycles. The number of hydrogen-bond acceptors (Lipinski definition) is 8. The first-order chi connectivity index (χ1) is 8.23. The lowest BCUT2D eigenvalue weighted by atomic mass is 9.99. The second-order valence-electron chi connectivity index (χ2n) is 3.66. The molecule has 1 aliphatic heterocycles. The number of rotatable bonds is 2. The summed E-state index contributed by atoms with van der Waals surface area (Å²) < 4.78 is 11.9. The Morgan fingerprint density at radius 2 is 1.83 bits per heavy atom. The number of ether oxygens (including phenoxy) is 3. The fourth-order valence-electron chi connectivity index (χ4n) is 1.47. The molecule has 0 aromatic carbocycles. The first kappa shape index (κ1) is 15.3. The van der Waals surface area contributed by atoms with Crippen LogP contribution in [0.1, 0.15) is 6.92 Å². The molecule has 1 heterocycles. The number of alkyl halides is 1. The van der Waals surface area contributed by atoms with E-state index in [4.69, 9.17) is 4.74 Å². The van der Waals surface area contributed by atoms with Crippen LogP contribution in [0.5, 0.6) is 0 Å². The third-order valence-corrected chi connectivity index (χ3v) is 3.16. The summed E-state index contributed by atoms with van der Waals surface area (Å²) in [4.78, 5) is 22.2. The molecular weight excluding hydrogens is 316 g/mol. The van der Waals surface area contributed by atoms with E-state index in [9.17, 15) is 24.9 Å². The Labute approximate surface area is 111 Å². The molecule has 0 aromatic heterocycles. The molecule has 0 amide bonds. The van der Waals surface area contributed by atoms with Crippen molar-refractivity contribution in [2.75, 3.05) is 7.11 Å². The molecule has 1 fully saturated rings. The van der Waals surface area contributed by atoms with Crippen LogP contribution in [-0.2, 0) is 23.8 Å². The number of aliphatic hydroxyl groups excluding tert-OH is 3. The van der Waals surface area contributed by atoms with E-state index >= 15 is 0 Å². The molecule has 0 bridgehead atoms. The van der Waals surface area contributed by atoms with Crippen molar-refractivity contribution in [3.8, 4) is 0 Å². The van der Waals surface area contributed by atoms with Crippen molar-refractivity contribution >= 4 is 27.9 Å². The third-order valence-electron chi connectivity index (χ3n) is 2.34. The Morgan fingerprint density at radius 3 is 2.28 bits per heavy atom. The van der Waals surface area contributed by atoms with Crippen molar-refractivity contribution in [2.45, 2.75) is 36.0 Å². The van der Waals surface area contributed by atoms with Gasteiger partial charge >= 0.3 is 16.6 Å². The maximum absolute atomic E-state index is 11.3. The van der Waals surface area contributed by atoms with Crippen molar-refractivity contribution in [1.82, 2.24) is 0 Å². The summed E-state index contributed by atoms with van der Waals surface area (Å²) in [7, 11) is 1.05. The van der Waals surface area contributed by atoms with Gasteiger partial charge in [0.1, 0.15) is 12.2 Å². The van der Waals surface area contributed by atoms with Gasteiger partial charge in [-0.25, -0.2) is 4.79 Å². The molecule has 1 rings (SSSR count). The van der Waals surface area contributed by atoms with Gasteiger partial charge in [0, 0.05) is 6.92 Å². The number of carbonyl (C=O) groups excluding carboxylic acids is 2. The van der Waals surface area contributed by atoms with Crippen molar-refractivity contribution in [3.05, 3.63) is 0 Å². The van der Waals surface area contributed by atoms with Crippen LogP contribution in [-0.4, -0.2) is 63.5 Å². The largest absolute Gasteiger partial charge is 0.467 e. The first-order valence-electron chi connectivity index (χ1n) is 4.91. The van der Waals surface area contributed by atoms with Gasteiger partial charge in [0.25, 0.3) is 0 Å². The molecule has 18 heavy (non-hydrogen) atoms. The quantitative estimate of drug-likeness (QED) is 0.403. The summed E-state index contributed by atoms with van der Waals surface area (Å²) in [6.45, 7) is 1.05. The van der Waals surface area contributed by atoms with Crippen molar-refractivity contribution in [2.24, 2.45) is 0 Å². The predicted molar refractivity (Wildman–Crippen MR) is 58.3 cm³/mol. The molecule has 0 radical (unpaired) electrons. The van der Waals surface area contributed by atoms with E-state index in [-0.39, 0.29) is 0 Å². The Balaban J connectivity index is 3.00. The highest BCUT2D eigenvalue weighted by Crippen LogP contribution is 2.36. The number of hydrogen-bond donors (Lipinski definition) is 3. The Kier molecular flexibility index (Phi) is 4.67. The van der Waals surface area contributed by atoms with E-state index < -0.39 is 41.1 Å². The lowest BCUT2D eigenvalue weighted by molar-refractivity contribution is -0.300. The summed E-state index contributed by atoms with van der Waals surface area (Å²) in [6.07, 6.45) is -6.86. The van der Waals surface area contributed by atoms with Gasteiger partial charge in [-0.05, 0) is 15.9 Å². The summed E-state index contributed by atoms with van der Waals surface area (Å²) in [6, 6.07) is 0. The minimum absolute atomic E-state index is 0.821. The zero-order valence-electron chi connectivity index (χ0n) is 9.57. The molecule has 0 spiro atoms. The van der Waals surface area contributed by atoms with Crippen LogP contribution in [0.3, 0.4) is 0 Å². The van der Waals surface area contributed by atoms with Crippen LogP contribution in [0.2, 0.25) is 0 Å². The molecule has 4 unspecified atom stereocenters. The minimum atomic E-state index is -2.13. The van der Waals surface area contributed by atoms with Gasteiger partial charge in [-0.3, -0.25) is 4.79 Å². The van der Waals surface area contributed by atoms with E-state index in [1.165, 1.54) is 0 Å². The Morgan fingerprint density at radius 1 is 1.28 bits per heavy atom. The summed E-state index contributed by atoms with van der Waals surface area (Å²) in [5.41, 5.74) is 0. The van der Waals surface area contributed by atoms with Crippen LogP contribution < -0.4 is 0 Å². The Hall–Kier alpha value is -0.740. The second-order valence-corrected chi connectivity index (χ2v) is 4.77. The Bertz CT molecular complexity index is 347. The first-order valence-corrected chi connectivity index (χ1v) is 5.70. The zero-order chi connectivity index (χ0) is 14.1. The van der Waals surface area contributed by atoms with E-state index in [1.807, 2.05) is 0 Å². The predicted octanol–water partition coefficient (Wildman–Crippen LogP) is -1.75. The molecule has 5 atom stereocenters. The second kappa shape index (κ2) is 5.49. The highest BCUT2D eigenvalue weighted by molar-refractivity contribution is 9.10. The molecule has 9 heteroatoms. The average molecular weight is 329 g/mol. The number of halogens is 1. The smallest absolute Gasteiger partial charge is 0.338 e. The average Bonchev–Trinajstić information content (AvgIpc) is 2.29. The van der Waals surface area contributed by atoms with Crippen LogP contribution in [0.15, 0.2) is 0 Å². The van der Waals surface area contributed by atoms with Gasteiger partial charge in [-0.1, -0.05) is 0 Å². The maximum Gasteiger partial charge on any atom is 0.338 e. The normalized spacial score (nSPS) is 40.1. The van der Waals surface area contributed by atoms with Crippen molar-refractivity contribution in [1.29, 1.82) is 0 Å². The number of esters is 2. The fraction of sp³-hybridized carbons (Fsp3) is 0.778. The summed E-state index contributed by atoms with van der Waals surface area (Å²) in [5.74, 6) is -1.80. The van der Waals surface area contributed by atoms with Crippen LogP contribution in [0.4, 0.5) is 0 Å². The molecule has 0 saturated carbocycles. The molecule has 3 N–H and O–H groups in total. The molecule has 1 aliphatic rings. The van der Waals surface area contributed by atoms with Gasteiger partial charge < -0.3 is 29.5 Å². The lowest BCUT2D eigenvalue weighted by Crippen LogP contribution is -2.64. The monoisotopic (exact) mass is 328 g/mol. The van der Waals surface area contributed by atoms with Gasteiger partial charge in [-0.15, -0.1) is 0 Å². The van der Waals surface area contributed by atoms with Crippen LogP contribution in [0.25, 0.3) is 0 Å². The lowest BCUT2D eigenvalue weighted by Gasteiger charge is -2.43. The molecule has 1 saturated heterocycles. The zero-order valence-corrected chi connectivity index (χ0v) is 11.2. The van der Waals surface area contributed by atoms with E-state index in [0.29, 0.717) is 0 Å². The van der Waals surface area contributed by atoms with E-state index in [2.05, 4.69) is 25.4 Å². The summed E-state index contributed by atoms with van der Waals surface area (Å²) >= 11 is 2.77. The standard InChI is InChI=1S/C9H13BrO8/c1-3(11)17-9(10)7(14)5(13)4(12)6(18-9)8(15)16-2/h4-7,12-14H,1-2H3/t4?,5?,6?,7?,9-/m1/s1. The summed E-state index contributed by atoms with van der Waals surface area (Å²) in [5, 5.41) is 28.9. The van der Waals surface area contributed by atoms with Gasteiger partial charge in [0.2, 0.25) is 0 Å². The van der Waals surface area contributed by atoms with Crippen LogP contribution in [0, 0.1) is 0 Å². The highest BCUT2D eigenvalue weighted by Gasteiger charge is 2.57. The molecular formula is C9H13BrO8. The molecule has 8 nitrogen and oxygen atoms in total. The van der Waals surface area contributed by atoms with Gasteiger partial charge in [0.05, 0.1) is 7.11 Å². The van der Waals surface area contributed by atoms with Crippen molar-refractivity contribution in [3.63, 3.8) is 0 Å². The highest BCUT2D eigenvalue weighted by atomic mass is 79.9. The maximum atomic E-state index is 11.3. The minimum Gasteiger partial charge on any atom is -0.467 e. The SMILES string of the molecule is COC(=O)C1O[C@](Br)(OC(C)=O)C(O)C(O)C1O. The molecule has 104 valence electrons. The van der Waals surface area contributed by atoms with Crippen LogP contribution >= 0.6 is 15.9 Å². The van der Waals surface area contributed by atoms with E-state index in [0.717, 1.165) is 14.0 Å². The van der Waals surface area contributed by atoms with E-state index in [1.54, 1.807) is 0 Å². The number of aliphatic hydroxyl groups is 3. The number of carbonyl (C=O) groups is 2. The fourth-order valence-corrected chi connectivity index (χ4v) is 2.17. The van der Waals surface area contributed by atoms with Gasteiger partial charge in [0.15, 0.2) is 12.2 Å². The van der Waals surface area contributed by atoms with Gasteiger partial charge in [-0.2, -0.15) is 0 Å². The molecule has 0 aromatic rings.